The molecule has 0 saturated heterocycles. The smallest absolute Gasteiger partial charge is 0.0871 e. The molecule has 0 fully saturated rings. The fourth-order valence-corrected chi connectivity index (χ4v) is 2.45. The Morgan fingerprint density at radius 3 is 2.14 bits per heavy atom. The lowest BCUT2D eigenvalue weighted by atomic mass is 10.1. The molecule has 2 unspecified atom stereocenters. The normalized spacial score (nSPS) is 13.2. The van der Waals surface area contributed by atoms with Gasteiger partial charge in [-0.2, -0.15) is 0 Å². The standard InChI is InChI=1S/C18H23NO.ClH/c1-15(14-16-8-4-2-5-9-16)19-13-12-18(20)17-10-6-3-7-11-17;/h2-11,15,18-20H,12-14H2,1H3;1H. The van der Waals surface area contributed by atoms with E-state index in [4.69, 9.17) is 0 Å². The molecule has 0 amide bonds. The van der Waals surface area contributed by atoms with E-state index >= 15 is 0 Å². The molecule has 0 heterocycles. The van der Waals surface area contributed by atoms with E-state index in [9.17, 15) is 5.11 Å². The van der Waals surface area contributed by atoms with Crippen LogP contribution in [0.3, 0.4) is 0 Å². The van der Waals surface area contributed by atoms with E-state index in [1.165, 1.54) is 5.56 Å². The second-order valence-electron chi connectivity index (χ2n) is 5.41. The molecule has 0 aromatic heterocycles. The van der Waals surface area contributed by atoms with E-state index in [0.29, 0.717) is 6.04 Å². The molecule has 2 atom stereocenters. The van der Waals surface area contributed by atoms with Crippen molar-refractivity contribution in [1.29, 1.82) is 0 Å². The Labute approximate surface area is 133 Å². The van der Waals surface area contributed by atoms with Gasteiger partial charge in [-0.05, 0) is 18.1 Å². The highest BCUT2D eigenvalue weighted by atomic mass is 35.5. The number of hydrogen-bond donors (Lipinski definition) is 2. The van der Waals surface area contributed by atoms with Gasteiger partial charge < -0.3 is 22.8 Å². The minimum atomic E-state index is -0.351. The van der Waals surface area contributed by atoms with Crippen LogP contribution in [0.25, 0.3) is 0 Å². The molecule has 0 spiro atoms. The summed E-state index contributed by atoms with van der Waals surface area (Å²) in [5.41, 5.74) is 2.39. The summed E-state index contributed by atoms with van der Waals surface area (Å²) >= 11 is 0. The molecule has 2 nitrogen and oxygen atoms in total. The molecular formula is C18H24ClNO. The second-order valence-corrected chi connectivity index (χ2v) is 5.41. The van der Waals surface area contributed by atoms with Gasteiger partial charge >= 0.3 is 0 Å². The number of hydrogen-bond acceptors (Lipinski definition) is 1. The predicted molar refractivity (Wildman–Crippen MR) is 82.4 cm³/mol. The van der Waals surface area contributed by atoms with Crippen molar-refractivity contribution in [2.24, 2.45) is 0 Å². The maximum absolute atomic E-state index is 10.1. The molecule has 3 N–H and O–H groups in total. The first kappa shape index (κ1) is 17.7. The quantitative estimate of drug-likeness (QED) is 0.698. The summed E-state index contributed by atoms with van der Waals surface area (Å²) < 4.78 is 0. The first-order valence-electron chi connectivity index (χ1n) is 7.36. The van der Waals surface area contributed by atoms with Crippen molar-refractivity contribution < 1.29 is 22.8 Å². The van der Waals surface area contributed by atoms with E-state index in [0.717, 1.165) is 24.9 Å². The lowest BCUT2D eigenvalue weighted by molar-refractivity contribution is -0.686. The molecule has 2 aromatic carbocycles. The van der Waals surface area contributed by atoms with Crippen LogP contribution in [0.5, 0.6) is 0 Å². The number of nitrogens with two attached hydrogens (primary N) is 1. The monoisotopic (exact) mass is 305 g/mol. The Hall–Kier alpha value is -1.35. The highest BCUT2D eigenvalue weighted by Crippen LogP contribution is 2.14. The van der Waals surface area contributed by atoms with Crippen LogP contribution in [0, 0.1) is 0 Å². The molecule has 0 aliphatic rings. The van der Waals surface area contributed by atoms with Crippen molar-refractivity contribution in [3.63, 3.8) is 0 Å². The molecule has 2 aromatic rings. The van der Waals surface area contributed by atoms with Crippen LogP contribution in [0.2, 0.25) is 0 Å². The summed E-state index contributed by atoms with van der Waals surface area (Å²) in [5.74, 6) is 0. The largest absolute Gasteiger partial charge is 1.00 e. The van der Waals surface area contributed by atoms with Crippen molar-refractivity contribution >= 4 is 0 Å². The Kier molecular flexibility index (Phi) is 8.06. The summed E-state index contributed by atoms with van der Waals surface area (Å²) in [4.78, 5) is 0. The van der Waals surface area contributed by atoms with Gasteiger partial charge in [0.05, 0.1) is 18.7 Å². The van der Waals surface area contributed by atoms with Gasteiger partial charge in [0.1, 0.15) is 0 Å². The van der Waals surface area contributed by atoms with E-state index in [1.807, 2.05) is 36.4 Å². The van der Waals surface area contributed by atoms with Gasteiger partial charge in [0.25, 0.3) is 0 Å². The summed E-state index contributed by atoms with van der Waals surface area (Å²) in [6, 6.07) is 21.0. The Morgan fingerprint density at radius 1 is 0.952 bits per heavy atom. The molecule has 21 heavy (non-hydrogen) atoms. The zero-order chi connectivity index (χ0) is 14.2. The first-order chi connectivity index (χ1) is 9.75. The maximum atomic E-state index is 10.1. The molecule has 2 rings (SSSR count). The third kappa shape index (κ3) is 6.30. The van der Waals surface area contributed by atoms with Crippen LogP contribution in [-0.4, -0.2) is 17.7 Å². The fraction of sp³-hybridized carbons (Fsp3) is 0.333. The zero-order valence-electron chi connectivity index (χ0n) is 12.5. The van der Waals surface area contributed by atoms with Gasteiger partial charge in [-0.1, -0.05) is 60.7 Å². The molecule has 114 valence electrons. The van der Waals surface area contributed by atoms with Gasteiger partial charge in [0.2, 0.25) is 0 Å². The molecule has 0 radical (unpaired) electrons. The maximum Gasteiger partial charge on any atom is 0.0871 e. The number of aliphatic hydroxyl groups excluding tert-OH is 1. The minimum absolute atomic E-state index is 0. The number of aliphatic hydroxyl groups is 1. The Morgan fingerprint density at radius 2 is 1.52 bits per heavy atom. The third-order valence-electron chi connectivity index (χ3n) is 3.59. The Bertz CT molecular complexity index is 489. The van der Waals surface area contributed by atoms with Gasteiger partial charge in [0.15, 0.2) is 0 Å². The average molecular weight is 306 g/mol. The molecule has 3 heteroatoms. The summed E-state index contributed by atoms with van der Waals surface area (Å²) in [5, 5.41) is 12.4. The first-order valence-corrected chi connectivity index (χ1v) is 7.36. The van der Waals surface area contributed by atoms with Crippen LogP contribution in [-0.2, 0) is 6.42 Å². The number of halogens is 1. The van der Waals surface area contributed by atoms with Crippen LogP contribution in [0.1, 0.15) is 30.6 Å². The second kappa shape index (κ2) is 9.56. The molecule has 0 bridgehead atoms. The lowest BCUT2D eigenvalue weighted by Gasteiger charge is -2.13. The molecule has 0 saturated carbocycles. The van der Waals surface area contributed by atoms with Gasteiger partial charge in [0, 0.05) is 12.8 Å². The van der Waals surface area contributed by atoms with Crippen molar-refractivity contribution in [3.8, 4) is 0 Å². The van der Waals surface area contributed by atoms with Crippen LogP contribution < -0.4 is 17.7 Å². The van der Waals surface area contributed by atoms with Crippen LogP contribution in [0.4, 0.5) is 0 Å². The van der Waals surface area contributed by atoms with E-state index < -0.39 is 0 Å². The number of benzene rings is 2. The predicted octanol–water partition coefficient (Wildman–Crippen LogP) is -0.691. The van der Waals surface area contributed by atoms with Crippen molar-refractivity contribution in [2.45, 2.75) is 31.9 Å². The molecular weight excluding hydrogens is 282 g/mol. The van der Waals surface area contributed by atoms with Crippen molar-refractivity contribution in [1.82, 2.24) is 0 Å². The third-order valence-corrected chi connectivity index (χ3v) is 3.59. The summed E-state index contributed by atoms with van der Waals surface area (Å²) in [7, 11) is 0. The molecule has 0 aliphatic carbocycles. The van der Waals surface area contributed by atoms with Crippen LogP contribution in [0.15, 0.2) is 60.7 Å². The topological polar surface area (TPSA) is 36.8 Å². The van der Waals surface area contributed by atoms with E-state index in [-0.39, 0.29) is 18.5 Å². The van der Waals surface area contributed by atoms with Crippen LogP contribution >= 0.6 is 0 Å². The number of rotatable bonds is 7. The SMILES string of the molecule is CC(Cc1ccccc1)[NH2+]CCC(O)c1ccccc1.[Cl-]. The van der Waals surface area contributed by atoms with Crippen molar-refractivity contribution in [3.05, 3.63) is 71.8 Å². The summed E-state index contributed by atoms with van der Waals surface area (Å²) in [6.45, 7) is 3.19. The lowest BCUT2D eigenvalue weighted by Crippen LogP contribution is -3.00. The van der Waals surface area contributed by atoms with Gasteiger partial charge in [-0.25, -0.2) is 0 Å². The highest BCUT2D eigenvalue weighted by molar-refractivity contribution is 5.17. The summed E-state index contributed by atoms with van der Waals surface area (Å²) in [6.07, 6.45) is 1.52. The van der Waals surface area contributed by atoms with Gasteiger partial charge in [-0.3, -0.25) is 0 Å². The highest BCUT2D eigenvalue weighted by Gasteiger charge is 2.10. The van der Waals surface area contributed by atoms with E-state index in [1.54, 1.807) is 0 Å². The zero-order valence-corrected chi connectivity index (χ0v) is 13.2. The average Bonchev–Trinajstić information content (AvgIpc) is 2.49. The van der Waals surface area contributed by atoms with Gasteiger partial charge in [-0.15, -0.1) is 0 Å². The number of quaternary nitrogens is 1. The Balaban J connectivity index is 0.00000220. The fourth-order valence-electron chi connectivity index (χ4n) is 2.45. The van der Waals surface area contributed by atoms with E-state index in [2.05, 4.69) is 36.5 Å². The van der Waals surface area contributed by atoms with Crippen molar-refractivity contribution in [2.75, 3.05) is 6.54 Å². The molecule has 0 aliphatic heterocycles. The minimum Gasteiger partial charge on any atom is -1.00 e.